The highest BCUT2D eigenvalue weighted by Gasteiger charge is 2.50. The molecule has 0 aliphatic carbocycles. The largest absolute Gasteiger partial charge is 0.404 e. The minimum Gasteiger partial charge on any atom is -0.404 e. The molecule has 1 atom stereocenters. The molecule has 0 heterocycles. The van der Waals surface area contributed by atoms with Gasteiger partial charge in [0.1, 0.15) is 8.07 Å². The zero-order chi connectivity index (χ0) is 20.1. The lowest BCUT2D eigenvalue weighted by atomic mass is 10.2. The van der Waals surface area contributed by atoms with E-state index in [1.54, 1.807) is 0 Å². The molecule has 144 valence electrons. The minimum atomic E-state index is -2.46. The topological polar surface area (TPSA) is 9.23 Å². The van der Waals surface area contributed by atoms with Crippen molar-refractivity contribution in [2.24, 2.45) is 0 Å². The molecule has 27 heavy (non-hydrogen) atoms. The molecule has 0 saturated carbocycles. The Labute approximate surface area is 168 Å². The van der Waals surface area contributed by atoms with E-state index in [2.05, 4.69) is 119 Å². The van der Waals surface area contributed by atoms with Gasteiger partial charge in [0.25, 0.3) is 8.32 Å². The van der Waals surface area contributed by atoms with Crippen LogP contribution < -0.4 is 10.4 Å². The summed E-state index contributed by atoms with van der Waals surface area (Å²) in [7, 11) is -3.82. The van der Waals surface area contributed by atoms with Gasteiger partial charge in [0.2, 0.25) is 0 Å². The van der Waals surface area contributed by atoms with Crippen molar-refractivity contribution in [3.8, 4) is 11.5 Å². The summed E-state index contributed by atoms with van der Waals surface area (Å²) in [5.74, 6) is 3.41. The summed E-state index contributed by atoms with van der Waals surface area (Å²) in [6.45, 7) is 16.0. The standard InChI is InChI=1S/C24H34OSi2/c1-21(15-14-20-26(5,6)7)25-27(24(2,3)4,22-16-10-8-11-17-22)23-18-12-9-13-19-23/h8-13,16-19,21H,15H2,1-7H3. The van der Waals surface area contributed by atoms with Crippen LogP contribution in [0.4, 0.5) is 0 Å². The lowest BCUT2D eigenvalue weighted by Crippen LogP contribution is -2.67. The quantitative estimate of drug-likeness (QED) is 0.499. The van der Waals surface area contributed by atoms with Gasteiger partial charge in [-0.05, 0) is 22.3 Å². The second-order valence-electron chi connectivity index (χ2n) is 9.35. The Morgan fingerprint density at radius 2 is 1.30 bits per heavy atom. The van der Waals surface area contributed by atoms with Crippen molar-refractivity contribution in [1.29, 1.82) is 0 Å². The highest BCUT2D eigenvalue weighted by atomic mass is 28.4. The van der Waals surface area contributed by atoms with Gasteiger partial charge in [-0.15, -0.1) is 11.5 Å². The molecule has 0 fully saturated rings. The van der Waals surface area contributed by atoms with Crippen molar-refractivity contribution >= 4 is 26.8 Å². The normalized spacial score (nSPS) is 13.6. The van der Waals surface area contributed by atoms with Gasteiger partial charge in [-0.3, -0.25) is 0 Å². The van der Waals surface area contributed by atoms with Gasteiger partial charge in [-0.1, -0.05) is 101 Å². The Bertz CT molecular complexity index is 735. The van der Waals surface area contributed by atoms with E-state index in [4.69, 9.17) is 4.43 Å². The third kappa shape index (κ3) is 5.45. The summed E-state index contributed by atoms with van der Waals surface area (Å²) in [6.07, 6.45) is 0.884. The molecule has 0 aliphatic heterocycles. The van der Waals surface area contributed by atoms with Gasteiger partial charge >= 0.3 is 0 Å². The summed E-state index contributed by atoms with van der Waals surface area (Å²) in [4.78, 5) is 0. The lowest BCUT2D eigenvalue weighted by Gasteiger charge is -2.44. The smallest absolute Gasteiger partial charge is 0.261 e. The Hall–Kier alpha value is -1.61. The maximum atomic E-state index is 7.04. The summed E-state index contributed by atoms with van der Waals surface area (Å²) in [5.41, 5.74) is 3.48. The second-order valence-corrected chi connectivity index (χ2v) is 18.4. The van der Waals surface area contributed by atoms with Crippen LogP contribution in [0.3, 0.4) is 0 Å². The molecule has 2 aromatic carbocycles. The van der Waals surface area contributed by atoms with Crippen LogP contribution in [0.2, 0.25) is 24.7 Å². The predicted octanol–water partition coefficient (Wildman–Crippen LogP) is 5.22. The van der Waals surface area contributed by atoms with E-state index in [1.807, 2.05) is 0 Å². The SMILES string of the molecule is CC(CC#C[Si](C)(C)C)O[Si](c1ccccc1)(c1ccccc1)C(C)(C)C. The van der Waals surface area contributed by atoms with E-state index < -0.39 is 16.4 Å². The average molecular weight is 395 g/mol. The van der Waals surface area contributed by atoms with Crippen LogP contribution in [0, 0.1) is 11.5 Å². The van der Waals surface area contributed by atoms with Gasteiger partial charge in [-0.25, -0.2) is 0 Å². The van der Waals surface area contributed by atoms with Crippen molar-refractivity contribution in [3.05, 3.63) is 60.7 Å². The molecule has 2 aromatic rings. The van der Waals surface area contributed by atoms with Crippen molar-refractivity contribution in [1.82, 2.24) is 0 Å². The highest BCUT2D eigenvalue weighted by Crippen LogP contribution is 2.37. The molecule has 0 bridgehead atoms. The molecular weight excluding hydrogens is 360 g/mol. The maximum Gasteiger partial charge on any atom is 0.261 e. The fourth-order valence-electron chi connectivity index (χ4n) is 3.49. The fourth-order valence-corrected chi connectivity index (χ4v) is 8.83. The highest BCUT2D eigenvalue weighted by molar-refractivity contribution is 6.99. The Morgan fingerprint density at radius 1 is 0.852 bits per heavy atom. The maximum absolute atomic E-state index is 7.04. The summed E-state index contributed by atoms with van der Waals surface area (Å²) in [5, 5.41) is 2.67. The summed E-state index contributed by atoms with van der Waals surface area (Å²) in [6, 6.07) is 21.6. The Balaban J connectivity index is 2.51. The van der Waals surface area contributed by atoms with Crippen molar-refractivity contribution in [3.63, 3.8) is 0 Å². The zero-order valence-electron chi connectivity index (χ0n) is 18.0. The predicted molar refractivity (Wildman–Crippen MR) is 124 cm³/mol. The number of hydrogen-bond donors (Lipinski definition) is 0. The zero-order valence-corrected chi connectivity index (χ0v) is 20.0. The fraction of sp³-hybridized carbons (Fsp3) is 0.417. The van der Waals surface area contributed by atoms with E-state index in [0.29, 0.717) is 0 Å². The molecule has 0 saturated heterocycles. The minimum absolute atomic E-state index is 0.0101. The molecule has 0 spiro atoms. The molecule has 2 rings (SSSR count). The first-order valence-corrected chi connectivity index (χ1v) is 15.3. The third-order valence-corrected chi connectivity index (χ3v) is 10.7. The average Bonchev–Trinajstić information content (AvgIpc) is 2.59. The van der Waals surface area contributed by atoms with Crippen LogP contribution in [0.1, 0.15) is 34.1 Å². The van der Waals surface area contributed by atoms with Gasteiger partial charge in [0.15, 0.2) is 0 Å². The molecule has 0 N–H and O–H groups in total. The van der Waals surface area contributed by atoms with E-state index in [0.717, 1.165) is 6.42 Å². The summed E-state index contributed by atoms with van der Waals surface area (Å²) < 4.78 is 7.04. The first-order valence-electron chi connectivity index (χ1n) is 9.85. The monoisotopic (exact) mass is 394 g/mol. The van der Waals surface area contributed by atoms with E-state index in [-0.39, 0.29) is 11.1 Å². The molecule has 1 unspecified atom stereocenters. The Kier molecular flexibility index (Phi) is 6.91. The first kappa shape index (κ1) is 21.7. The lowest BCUT2D eigenvalue weighted by molar-refractivity contribution is 0.212. The van der Waals surface area contributed by atoms with Crippen LogP contribution in [-0.4, -0.2) is 22.5 Å². The van der Waals surface area contributed by atoms with Gasteiger partial charge < -0.3 is 4.43 Å². The van der Waals surface area contributed by atoms with Crippen LogP contribution in [0.5, 0.6) is 0 Å². The molecule has 0 aliphatic rings. The van der Waals surface area contributed by atoms with Gasteiger partial charge in [0, 0.05) is 6.42 Å². The van der Waals surface area contributed by atoms with Crippen LogP contribution >= 0.6 is 0 Å². The van der Waals surface area contributed by atoms with Crippen molar-refractivity contribution in [2.75, 3.05) is 0 Å². The van der Waals surface area contributed by atoms with Crippen LogP contribution in [-0.2, 0) is 4.43 Å². The molecule has 3 heteroatoms. The molecule has 0 aromatic heterocycles. The Morgan fingerprint density at radius 3 is 1.67 bits per heavy atom. The van der Waals surface area contributed by atoms with Crippen LogP contribution in [0.25, 0.3) is 0 Å². The molecule has 1 nitrogen and oxygen atoms in total. The molecular formula is C24H34OSi2. The number of rotatable bonds is 5. The van der Waals surface area contributed by atoms with Crippen molar-refractivity contribution in [2.45, 2.75) is 64.9 Å². The molecule has 0 radical (unpaired) electrons. The summed E-state index contributed by atoms with van der Waals surface area (Å²) >= 11 is 0. The van der Waals surface area contributed by atoms with Gasteiger partial charge in [-0.2, -0.15) is 0 Å². The van der Waals surface area contributed by atoms with Crippen molar-refractivity contribution < 1.29 is 4.43 Å². The van der Waals surface area contributed by atoms with E-state index in [1.165, 1.54) is 10.4 Å². The first-order chi connectivity index (χ1) is 12.6. The van der Waals surface area contributed by atoms with Crippen LogP contribution in [0.15, 0.2) is 60.7 Å². The van der Waals surface area contributed by atoms with E-state index >= 15 is 0 Å². The van der Waals surface area contributed by atoms with Gasteiger partial charge in [0.05, 0.1) is 6.10 Å². The molecule has 0 amide bonds. The van der Waals surface area contributed by atoms with E-state index in [9.17, 15) is 0 Å². The number of benzene rings is 2. The second kappa shape index (κ2) is 8.60. The number of hydrogen-bond acceptors (Lipinski definition) is 1. The third-order valence-electron chi connectivity index (χ3n) is 4.65.